The second-order valence-corrected chi connectivity index (χ2v) is 7.20. The minimum atomic E-state index is 0.446. The molecule has 108 valence electrons. The number of benzene rings is 2. The van der Waals surface area contributed by atoms with E-state index in [2.05, 4.69) is 72.2 Å². The molecule has 3 rings (SSSR count). The molecule has 0 radical (unpaired) electrons. The second kappa shape index (κ2) is 7.12. The van der Waals surface area contributed by atoms with Gasteiger partial charge >= 0.3 is 0 Å². The van der Waals surface area contributed by atoms with Crippen molar-refractivity contribution in [2.75, 3.05) is 12.3 Å². The third-order valence-corrected chi connectivity index (χ3v) is 5.56. The van der Waals surface area contributed by atoms with Crippen molar-refractivity contribution in [2.45, 2.75) is 17.9 Å². The fourth-order valence-electron chi connectivity index (χ4n) is 2.34. The quantitative estimate of drug-likeness (QED) is 0.486. The van der Waals surface area contributed by atoms with Crippen molar-refractivity contribution < 1.29 is 0 Å². The average Bonchev–Trinajstić information content (AvgIpc) is 3.06. The fraction of sp³-hybridized carbons (Fsp3) is 0.222. The lowest BCUT2D eigenvalue weighted by Gasteiger charge is -2.11. The lowest BCUT2D eigenvalue weighted by molar-refractivity contribution is 0.610. The molecule has 1 atom stereocenters. The molecule has 3 heteroatoms. The van der Waals surface area contributed by atoms with Gasteiger partial charge < -0.3 is 5.32 Å². The van der Waals surface area contributed by atoms with Crippen molar-refractivity contribution in [1.82, 2.24) is 5.32 Å². The number of hydrogen-bond donors (Lipinski definition) is 1. The van der Waals surface area contributed by atoms with Crippen LogP contribution in [0, 0.1) is 0 Å². The maximum atomic E-state index is 3.58. The average molecular weight is 313 g/mol. The van der Waals surface area contributed by atoms with Crippen LogP contribution in [0.3, 0.4) is 0 Å². The van der Waals surface area contributed by atoms with Crippen LogP contribution in [0.2, 0.25) is 0 Å². The molecular weight excluding hydrogens is 294 g/mol. The van der Waals surface area contributed by atoms with Gasteiger partial charge in [0, 0.05) is 28.1 Å². The first-order chi connectivity index (χ1) is 10.3. The van der Waals surface area contributed by atoms with E-state index in [0.29, 0.717) is 6.04 Å². The number of thioether (sulfide) groups is 1. The smallest absolute Gasteiger partial charge is 0.0386 e. The van der Waals surface area contributed by atoms with Crippen molar-refractivity contribution in [1.29, 1.82) is 0 Å². The Labute approximate surface area is 134 Å². The summed E-state index contributed by atoms with van der Waals surface area (Å²) < 4.78 is 0. The summed E-state index contributed by atoms with van der Waals surface area (Å²) in [7, 11) is 0. The topological polar surface area (TPSA) is 12.0 Å². The predicted molar refractivity (Wildman–Crippen MR) is 95.4 cm³/mol. The van der Waals surface area contributed by atoms with Gasteiger partial charge in [-0.3, -0.25) is 0 Å². The Hall–Kier alpha value is -1.29. The Morgan fingerprint density at radius 3 is 2.71 bits per heavy atom. The van der Waals surface area contributed by atoms with Crippen LogP contribution < -0.4 is 5.32 Å². The van der Waals surface area contributed by atoms with Crippen LogP contribution in [0.1, 0.15) is 17.8 Å². The van der Waals surface area contributed by atoms with Crippen LogP contribution in [0.15, 0.2) is 64.9 Å². The van der Waals surface area contributed by atoms with Gasteiger partial charge in [-0.2, -0.15) is 0 Å². The maximum absolute atomic E-state index is 3.58. The summed E-state index contributed by atoms with van der Waals surface area (Å²) in [6.45, 7) is 3.25. The highest BCUT2D eigenvalue weighted by molar-refractivity contribution is 7.99. The molecule has 0 fully saturated rings. The second-order valence-electron chi connectivity index (χ2n) is 5.05. The molecule has 0 aliphatic heterocycles. The third kappa shape index (κ3) is 3.88. The molecule has 0 aliphatic rings. The standard InChI is InChI=1S/C18H19NS2/c1-14(18-7-4-11-21-18)19-10-12-20-17-9-8-15-5-2-3-6-16(15)13-17/h2-9,11,13-14,19H,10,12H2,1H3. The lowest BCUT2D eigenvalue weighted by Crippen LogP contribution is -2.20. The Kier molecular flexibility index (Phi) is 4.96. The molecule has 1 aromatic heterocycles. The van der Waals surface area contributed by atoms with Crippen molar-refractivity contribution in [2.24, 2.45) is 0 Å². The molecular formula is C18H19NS2. The first-order valence-corrected chi connectivity index (χ1v) is 9.08. The maximum Gasteiger partial charge on any atom is 0.0386 e. The number of nitrogens with one attached hydrogen (secondary N) is 1. The molecule has 2 aromatic carbocycles. The van der Waals surface area contributed by atoms with Gasteiger partial charge in [-0.15, -0.1) is 23.1 Å². The number of hydrogen-bond acceptors (Lipinski definition) is 3. The van der Waals surface area contributed by atoms with Crippen molar-refractivity contribution in [3.8, 4) is 0 Å². The van der Waals surface area contributed by atoms with E-state index in [4.69, 9.17) is 0 Å². The van der Waals surface area contributed by atoms with Gasteiger partial charge in [0.1, 0.15) is 0 Å². The highest BCUT2D eigenvalue weighted by Gasteiger charge is 2.04. The summed E-state index contributed by atoms with van der Waals surface area (Å²) in [5.41, 5.74) is 0. The van der Waals surface area contributed by atoms with E-state index in [0.717, 1.165) is 12.3 Å². The number of thiophene rings is 1. The summed E-state index contributed by atoms with van der Waals surface area (Å²) >= 11 is 3.73. The van der Waals surface area contributed by atoms with Crippen LogP contribution in [0.4, 0.5) is 0 Å². The first-order valence-electron chi connectivity index (χ1n) is 7.21. The normalized spacial score (nSPS) is 12.6. The largest absolute Gasteiger partial charge is 0.309 e. The summed E-state index contributed by atoms with van der Waals surface area (Å²) in [4.78, 5) is 2.75. The fourth-order valence-corrected chi connectivity index (χ4v) is 3.93. The monoisotopic (exact) mass is 313 g/mol. The minimum absolute atomic E-state index is 0.446. The van der Waals surface area contributed by atoms with Gasteiger partial charge in [0.25, 0.3) is 0 Å². The van der Waals surface area contributed by atoms with Gasteiger partial charge in [-0.05, 0) is 41.3 Å². The molecule has 3 aromatic rings. The van der Waals surface area contributed by atoms with Crippen molar-refractivity contribution in [3.63, 3.8) is 0 Å². The highest BCUT2D eigenvalue weighted by Crippen LogP contribution is 2.23. The molecule has 1 heterocycles. The molecule has 0 bridgehead atoms. The zero-order valence-electron chi connectivity index (χ0n) is 12.1. The predicted octanol–water partition coefficient (Wildman–Crippen LogP) is 5.34. The Bertz CT molecular complexity index is 691. The zero-order valence-corrected chi connectivity index (χ0v) is 13.7. The van der Waals surface area contributed by atoms with Crippen molar-refractivity contribution in [3.05, 3.63) is 64.9 Å². The zero-order chi connectivity index (χ0) is 14.5. The number of fused-ring (bicyclic) bond motifs is 1. The van der Waals surface area contributed by atoms with Gasteiger partial charge in [0.05, 0.1) is 0 Å². The molecule has 0 spiro atoms. The van der Waals surface area contributed by atoms with E-state index < -0.39 is 0 Å². The highest BCUT2D eigenvalue weighted by atomic mass is 32.2. The molecule has 0 saturated heterocycles. The molecule has 1 nitrogen and oxygen atoms in total. The first kappa shape index (κ1) is 14.6. The molecule has 0 aliphatic carbocycles. The van der Waals surface area contributed by atoms with Gasteiger partial charge in [0.2, 0.25) is 0 Å². The van der Waals surface area contributed by atoms with E-state index >= 15 is 0 Å². The van der Waals surface area contributed by atoms with E-state index in [1.807, 2.05) is 23.1 Å². The Morgan fingerprint density at radius 2 is 1.90 bits per heavy atom. The summed E-state index contributed by atoms with van der Waals surface area (Å²) in [5, 5.41) is 8.35. The van der Waals surface area contributed by atoms with Crippen LogP contribution >= 0.6 is 23.1 Å². The summed E-state index contributed by atoms with van der Waals surface area (Å²) in [5.74, 6) is 1.09. The Balaban J connectivity index is 1.50. The van der Waals surface area contributed by atoms with Crippen LogP contribution in [0.5, 0.6) is 0 Å². The van der Waals surface area contributed by atoms with E-state index in [1.54, 1.807) is 0 Å². The summed E-state index contributed by atoms with van der Waals surface area (Å²) in [6, 6.07) is 20.0. The third-order valence-electron chi connectivity index (χ3n) is 3.51. The van der Waals surface area contributed by atoms with E-state index in [-0.39, 0.29) is 0 Å². The summed E-state index contributed by atoms with van der Waals surface area (Å²) in [6.07, 6.45) is 0. The molecule has 21 heavy (non-hydrogen) atoms. The molecule has 1 N–H and O–H groups in total. The Morgan fingerprint density at radius 1 is 1.05 bits per heavy atom. The van der Waals surface area contributed by atoms with Crippen molar-refractivity contribution >= 4 is 33.9 Å². The van der Waals surface area contributed by atoms with Gasteiger partial charge in [0.15, 0.2) is 0 Å². The van der Waals surface area contributed by atoms with Gasteiger partial charge in [-0.1, -0.05) is 36.4 Å². The molecule has 1 unspecified atom stereocenters. The SMILES string of the molecule is CC(NCCSc1ccc2ccccc2c1)c1cccs1. The minimum Gasteiger partial charge on any atom is -0.309 e. The van der Waals surface area contributed by atoms with Gasteiger partial charge in [-0.25, -0.2) is 0 Å². The van der Waals surface area contributed by atoms with Crippen LogP contribution in [-0.4, -0.2) is 12.3 Å². The van der Waals surface area contributed by atoms with E-state index in [1.165, 1.54) is 20.5 Å². The number of rotatable bonds is 6. The van der Waals surface area contributed by atoms with Crippen LogP contribution in [0.25, 0.3) is 10.8 Å². The molecule has 0 amide bonds. The lowest BCUT2D eigenvalue weighted by atomic mass is 10.1. The molecule has 0 saturated carbocycles. The van der Waals surface area contributed by atoms with Crippen LogP contribution in [-0.2, 0) is 0 Å². The van der Waals surface area contributed by atoms with E-state index in [9.17, 15) is 0 Å².